The van der Waals surface area contributed by atoms with Crippen LogP contribution in [0.2, 0.25) is 0 Å². The van der Waals surface area contributed by atoms with Gasteiger partial charge in [-0.05, 0) is 24.3 Å². The van der Waals surface area contributed by atoms with Crippen LogP contribution in [0.15, 0.2) is 71.9 Å². The van der Waals surface area contributed by atoms with Gasteiger partial charge in [0.25, 0.3) is 5.91 Å². The summed E-state index contributed by atoms with van der Waals surface area (Å²) in [6, 6.07) is 10.8. The number of aliphatic imine (C=N–C) groups is 1. The van der Waals surface area contributed by atoms with Gasteiger partial charge in [0.2, 0.25) is 0 Å². The fraction of sp³-hybridized carbons (Fsp3) is 0.136. The molecule has 0 aliphatic carbocycles. The zero-order valence-electron chi connectivity index (χ0n) is 16.8. The van der Waals surface area contributed by atoms with Crippen LogP contribution in [0.5, 0.6) is 11.5 Å². The molecule has 170 valence electrons. The van der Waals surface area contributed by atoms with E-state index in [9.17, 15) is 22.4 Å². The van der Waals surface area contributed by atoms with Crippen molar-refractivity contribution in [3.05, 3.63) is 78.2 Å². The molecule has 1 aliphatic heterocycles. The second kappa shape index (κ2) is 8.08. The van der Waals surface area contributed by atoms with Crippen molar-refractivity contribution in [2.24, 2.45) is 10.7 Å². The number of halogens is 4. The topological polar surface area (TPSA) is 107 Å². The molecule has 0 spiro atoms. The number of rotatable bonds is 5. The summed E-state index contributed by atoms with van der Waals surface area (Å²) < 4.78 is 63.8. The van der Waals surface area contributed by atoms with Crippen LogP contribution in [0.25, 0.3) is 0 Å². The largest absolute Gasteiger partial charge is 0.454 e. The Morgan fingerprint density at radius 1 is 1.09 bits per heavy atom. The summed E-state index contributed by atoms with van der Waals surface area (Å²) in [5.41, 5.74) is 8.05. The summed E-state index contributed by atoms with van der Waals surface area (Å²) in [4.78, 5) is 21.2. The highest BCUT2D eigenvalue weighted by Crippen LogP contribution is 2.49. The molecule has 2 atom stereocenters. The van der Waals surface area contributed by atoms with E-state index < -0.39 is 40.8 Å². The number of ether oxygens (including phenoxy) is 1. The molecule has 1 amide bonds. The van der Waals surface area contributed by atoms with Crippen LogP contribution in [-0.4, -0.2) is 29.4 Å². The Hall–Kier alpha value is -4.15. The third-order valence-electron chi connectivity index (χ3n) is 5.15. The number of carbonyl (C=O) groups excluding carboxylic acids is 1. The number of hydrogen-bond donors (Lipinski definition) is 2. The lowest BCUT2D eigenvalue weighted by Gasteiger charge is -2.37. The molecule has 1 aromatic heterocycles. The number of primary amides is 1. The zero-order chi connectivity index (χ0) is 23.8. The molecule has 0 saturated heterocycles. The third-order valence-corrected chi connectivity index (χ3v) is 5.15. The Morgan fingerprint density at radius 2 is 1.82 bits per heavy atom. The summed E-state index contributed by atoms with van der Waals surface area (Å²) >= 11 is 0. The minimum atomic E-state index is -4.99. The number of amides is 1. The molecule has 1 aliphatic rings. The fourth-order valence-electron chi connectivity index (χ4n) is 3.77. The molecule has 33 heavy (non-hydrogen) atoms. The summed E-state index contributed by atoms with van der Waals surface area (Å²) in [5, 5.41) is 0. The lowest BCUT2D eigenvalue weighted by atomic mass is 9.81. The third kappa shape index (κ3) is 3.81. The van der Waals surface area contributed by atoms with E-state index in [1.165, 1.54) is 42.6 Å². The van der Waals surface area contributed by atoms with Crippen molar-refractivity contribution in [2.45, 2.75) is 17.8 Å². The number of para-hydroxylation sites is 2. The number of anilines is 2. The lowest BCUT2D eigenvalue weighted by molar-refractivity contribution is -0.165. The molecule has 3 aromatic rings. The molecule has 0 bridgehead atoms. The van der Waals surface area contributed by atoms with Gasteiger partial charge in [0, 0.05) is 23.5 Å². The van der Waals surface area contributed by atoms with E-state index in [1.54, 1.807) is 6.07 Å². The molecular weight excluding hydrogens is 442 g/mol. The number of carbonyl (C=O) groups is 1. The van der Waals surface area contributed by atoms with Crippen molar-refractivity contribution in [3.8, 4) is 11.5 Å². The van der Waals surface area contributed by atoms with Gasteiger partial charge in [0.15, 0.2) is 23.1 Å². The minimum absolute atomic E-state index is 0.000999. The number of nitrogen functional groups attached to an aromatic ring is 1. The summed E-state index contributed by atoms with van der Waals surface area (Å²) in [7, 11) is 0. The van der Waals surface area contributed by atoms with Crippen LogP contribution in [-0.2, 0) is 10.3 Å². The van der Waals surface area contributed by atoms with Gasteiger partial charge in [-0.25, -0.2) is 9.37 Å². The van der Waals surface area contributed by atoms with Crippen molar-refractivity contribution in [3.63, 3.8) is 0 Å². The van der Waals surface area contributed by atoms with E-state index in [4.69, 9.17) is 16.2 Å². The number of nitrogens with zero attached hydrogens (tertiary/aromatic N) is 3. The van der Waals surface area contributed by atoms with E-state index in [2.05, 4.69) is 9.98 Å². The van der Waals surface area contributed by atoms with Crippen LogP contribution in [0, 0.1) is 5.82 Å². The average Bonchev–Trinajstić information content (AvgIpc) is 3.18. The predicted molar refractivity (Wildman–Crippen MR) is 113 cm³/mol. The molecule has 11 heteroatoms. The first-order valence-electron chi connectivity index (χ1n) is 9.58. The SMILES string of the molecule is NC(=O)C1(c2cccc(F)c2Oc2ccnc(N)c2)N=CN(c2ccccc2)C1C(F)(F)F. The van der Waals surface area contributed by atoms with Crippen LogP contribution >= 0.6 is 0 Å². The van der Waals surface area contributed by atoms with Crippen LogP contribution in [0.4, 0.5) is 29.1 Å². The first-order chi connectivity index (χ1) is 15.6. The van der Waals surface area contributed by atoms with Gasteiger partial charge in [-0.15, -0.1) is 0 Å². The number of alkyl halides is 3. The first kappa shape index (κ1) is 22.1. The Labute approximate surface area is 185 Å². The molecule has 4 rings (SSSR count). The van der Waals surface area contributed by atoms with Crippen LogP contribution in [0.1, 0.15) is 5.56 Å². The van der Waals surface area contributed by atoms with E-state index in [1.807, 2.05) is 0 Å². The van der Waals surface area contributed by atoms with Crippen molar-refractivity contribution in [1.29, 1.82) is 0 Å². The van der Waals surface area contributed by atoms with E-state index in [-0.39, 0.29) is 17.3 Å². The van der Waals surface area contributed by atoms with Crippen molar-refractivity contribution in [1.82, 2.24) is 4.98 Å². The minimum Gasteiger partial charge on any atom is -0.454 e. The smallest absolute Gasteiger partial charge is 0.412 e. The summed E-state index contributed by atoms with van der Waals surface area (Å²) in [6.45, 7) is 0. The van der Waals surface area contributed by atoms with Crippen LogP contribution < -0.4 is 21.1 Å². The van der Waals surface area contributed by atoms with Gasteiger partial charge in [-0.1, -0.05) is 30.3 Å². The molecule has 0 fully saturated rings. The molecular formula is C22H17F4N5O2. The van der Waals surface area contributed by atoms with E-state index >= 15 is 0 Å². The first-order valence-corrected chi connectivity index (χ1v) is 9.58. The maximum absolute atomic E-state index is 14.9. The molecule has 2 unspecified atom stereocenters. The second-order valence-corrected chi connectivity index (χ2v) is 7.20. The normalized spacial score (nSPS) is 20.1. The molecule has 2 heterocycles. The molecule has 0 saturated carbocycles. The van der Waals surface area contributed by atoms with Gasteiger partial charge in [-0.2, -0.15) is 13.2 Å². The lowest BCUT2D eigenvalue weighted by Crippen LogP contribution is -2.59. The van der Waals surface area contributed by atoms with Crippen LogP contribution in [0.3, 0.4) is 0 Å². The monoisotopic (exact) mass is 459 g/mol. The van der Waals surface area contributed by atoms with Gasteiger partial charge in [0.1, 0.15) is 11.6 Å². The van der Waals surface area contributed by atoms with Gasteiger partial charge in [-0.3, -0.25) is 9.79 Å². The number of aromatic nitrogens is 1. The quantitative estimate of drug-likeness (QED) is 0.565. The Kier molecular flexibility index (Phi) is 5.40. The van der Waals surface area contributed by atoms with Gasteiger partial charge in [0.05, 0.1) is 6.34 Å². The number of hydrogen-bond acceptors (Lipinski definition) is 6. The van der Waals surface area contributed by atoms with Crippen molar-refractivity contribution >= 4 is 23.8 Å². The predicted octanol–water partition coefficient (Wildman–Crippen LogP) is 3.76. The molecule has 4 N–H and O–H groups in total. The Balaban J connectivity index is 1.92. The molecule has 2 aromatic carbocycles. The highest BCUT2D eigenvalue weighted by Gasteiger charge is 2.64. The summed E-state index contributed by atoms with van der Waals surface area (Å²) in [5.74, 6) is -3.04. The van der Waals surface area contributed by atoms with Crippen molar-refractivity contribution < 1.29 is 27.1 Å². The Morgan fingerprint density at radius 3 is 2.45 bits per heavy atom. The summed E-state index contributed by atoms with van der Waals surface area (Å²) in [6.07, 6.45) is -2.85. The highest BCUT2D eigenvalue weighted by molar-refractivity contribution is 5.97. The maximum atomic E-state index is 14.9. The van der Waals surface area contributed by atoms with Gasteiger partial charge >= 0.3 is 6.18 Å². The Bertz CT molecular complexity index is 1220. The second-order valence-electron chi connectivity index (χ2n) is 7.20. The van der Waals surface area contributed by atoms with E-state index in [0.29, 0.717) is 0 Å². The number of benzene rings is 2. The average molecular weight is 459 g/mol. The molecule has 0 radical (unpaired) electrons. The zero-order valence-corrected chi connectivity index (χ0v) is 16.8. The standard InChI is InChI=1S/C22H17F4N5O2/c23-16-8-4-7-15(18(16)33-14-9-10-29-17(27)11-14)21(20(28)32)19(22(24,25)26)31(12-30-21)13-5-2-1-3-6-13/h1-12,19H,(H2,27,29)(H2,28,32). The fourth-order valence-corrected chi connectivity index (χ4v) is 3.77. The maximum Gasteiger partial charge on any atom is 0.412 e. The number of nitrogens with two attached hydrogens (primary N) is 2. The molecule has 7 nitrogen and oxygen atoms in total. The number of pyridine rings is 1. The highest BCUT2D eigenvalue weighted by atomic mass is 19.4. The van der Waals surface area contributed by atoms with Gasteiger partial charge < -0.3 is 21.1 Å². The van der Waals surface area contributed by atoms with Crippen molar-refractivity contribution in [2.75, 3.05) is 10.6 Å². The van der Waals surface area contributed by atoms with E-state index in [0.717, 1.165) is 29.4 Å².